The van der Waals surface area contributed by atoms with Crippen LogP contribution in [0.5, 0.6) is 5.75 Å². The number of nitrogens with zero attached hydrogens (tertiary/aromatic N) is 3. The number of hydrogen-bond donors (Lipinski definition) is 1. The van der Waals surface area contributed by atoms with E-state index in [2.05, 4.69) is 15.4 Å². The van der Waals surface area contributed by atoms with E-state index in [0.717, 1.165) is 11.1 Å². The molecule has 0 amide bonds. The van der Waals surface area contributed by atoms with Gasteiger partial charge < -0.3 is 14.8 Å². The zero-order chi connectivity index (χ0) is 21.3. The SMILES string of the molecule is COC(=O)C1=C(C)Nc2ncnn2C1c1cccc(OCc2ccc(Cl)cc2Cl)c1. The lowest BCUT2D eigenvalue weighted by atomic mass is 9.95. The van der Waals surface area contributed by atoms with Crippen LogP contribution in [0.25, 0.3) is 0 Å². The quantitative estimate of drug-likeness (QED) is 0.578. The molecule has 30 heavy (non-hydrogen) atoms. The number of carbonyl (C=O) groups excluding carboxylic acids is 1. The van der Waals surface area contributed by atoms with Crippen molar-refractivity contribution in [2.75, 3.05) is 12.4 Å². The minimum absolute atomic E-state index is 0.277. The van der Waals surface area contributed by atoms with Crippen molar-refractivity contribution in [2.24, 2.45) is 0 Å². The Morgan fingerprint density at radius 3 is 2.83 bits per heavy atom. The first-order chi connectivity index (χ1) is 14.5. The number of fused-ring (bicyclic) bond motifs is 1. The average Bonchev–Trinajstić information content (AvgIpc) is 3.19. The summed E-state index contributed by atoms with van der Waals surface area (Å²) in [6, 6.07) is 12.2. The minimum Gasteiger partial charge on any atom is -0.489 e. The maximum atomic E-state index is 12.5. The molecule has 3 aromatic rings. The number of hydrogen-bond acceptors (Lipinski definition) is 6. The van der Waals surface area contributed by atoms with Crippen LogP contribution in [0.1, 0.15) is 24.1 Å². The van der Waals surface area contributed by atoms with Gasteiger partial charge in [0.2, 0.25) is 5.95 Å². The molecule has 1 unspecified atom stereocenters. The highest BCUT2D eigenvalue weighted by atomic mass is 35.5. The number of halogens is 2. The van der Waals surface area contributed by atoms with Gasteiger partial charge in [0.1, 0.15) is 24.7 Å². The van der Waals surface area contributed by atoms with Gasteiger partial charge in [-0.25, -0.2) is 9.48 Å². The van der Waals surface area contributed by atoms with E-state index in [1.165, 1.54) is 13.4 Å². The second kappa shape index (κ2) is 8.38. The first-order valence-corrected chi connectivity index (χ1v) is 9.86. The van der Waals surface area contributed by atoms with Crippen molar-refractivity contribution in [1.29, 1.82) is 0 Å². The van der Waals surface area contributed by atoms with Gasteiger partial charge in [-0.3, -0.25) is 0 Å². The van der Waals surface area contributed by atoms with Crippen molar-refractivity contribution in [3.05, 3.63) is 81.2 Å². The maximum Gasteiger partial charge on any atom is 0.338 e. The topological polar surface area (TPSA) is 78.3 Å². The monoisotopic (exact) mass is 444 g/mol. The number of rotatable bonds is 5. The molecule has 0 aliphatic carbocycles. The van der Waals surface area contributed by atoms with Gasteiger partial charge in [-0.2, -0.15) is 10.1 Å². The van der Waals surface area contributed by atoms with Crippen LogP contribution < -0.4 is 10.1 Å². The third-order valence-corrected chi connectivity index (χ3v) is 5.37. The van der Waals surface area contributed by atoms with Crippen LogP contribution in [-0.4, -0.2) is 27.8 Å². The van der Waals surface area contributed by atoms with Gasteiger partial charge in [0.25, 0.3) is 0 Å². The fourth-order valence-electron chi connectivity index (χ4n) is 3.35. The van der Waals surface area contributed by atoms with E-state index in [9.17, 15) is 4.79 Å². The van der Waals surface area contributed by atoms with E-state index < -0.39 is 12.0 Å². The highest BCUT2D eigenvalue weighted by Crippen LogP contribution is 2.36. The summed E-state index contributed by atoms with van der Waals surface area (Å²) in [7, 11) is 1.35. The first kappa shape index (κ1) is 20.3. The van der Waals surface area contributed by atoms with Gasteiger partial charge in [0, 0.05) is 21.3 Å². The van der Waals surface area contributed by atoms with Crippen molar-refractivity contribution in [1.82, 2.24) is 14.8 Å². The summed E-state index contributed by atoms with van der Waals surface area (Å²) in [5.74, 6) is 0.732. The molecule has 1 aromatic heterocycles. The summed E-state index contributed by atoms with van der Waals surface area (Å²) >= 11 is 12.2. The molecular weight excluding hydrogens is 427 g/mol. The van der Waals surface area contributed by atoms with E-state index in [1.807, 2.05) is 30.3 Å². The Labute approximate surface area is 183 Å². The van der Waals surface area contributed by atoms with Crippen molar-refractivity contribution in [3.8, 4) is 5.75 Å². The zero-order valence-corrected chi connectivity index (χ0v) is 17.7. The molecule has 0 fully saturated rings. The van der Waals surface area contributed by atoms with Crippen LogP contribution in [0.2, 0.25) is 10.0 Å². The molecule has 7 nitrogen and oxygen atoms in total. The summed E-state index contributed by atoms with van der Waals surface area (Å²) in [5.41, 5.74) is 2.74. The van der Waals surface area contributed by atoms with Crippen molar-refractivity contribution in [3.63, 3.8) is 0 Å². The number of carbonyl (C=O) groups is 1. The van der Waals surface area contributed by atoms with Crippen molar-refractivity contribution >= 4 is 35.1 Å². The van der Waals surface area contributed by atoms with Crippen LogP contribution in [0.15, 0.2) is 60.1 Å². The smallest absolute Gasteiger partial charge is 0.338 e. The fraction of sp³-hybridized carbons (Fsp3) is 0.190. The number of ether oxygens (including phenoxy) is 2. The van der Waals surface area contributed by atoms with E-state index in [-0.39, 0.29) is 6.61 Å². The molecule has 0 spiro atoms. The summed E-state index contributed by atoms with van der Waals surface area (Å²) in [6.45, 7) is 2.08. The Bertz CT molecular complexity index is 1140. The Hall–Kier alpha value is -3.03. The Morgan fingerprint density at radius 1 is 1.23 bits per heavy atom. The second-order valence-corrected chi connectivity index (χ2v) is 7.53. The van der Waals surface area contributed by atoms with Gasteiger partial charge in [-0.1, -0.05) is 41.4 Å². The number of aromatic nitrogens is 3. The average molecular weight is 445 g/mol. The number of methoxy groups -OCH3 is 1. The number of benzene rings is 2. The first-order valence-electron chi connectivity index (χ1n) is 9.10. The summed E-state index contributed by atoms with van der Waals surface area (Å²) in [5, 5.41) is 8.48. The Balaban J connectivity index is 1.66. The van der Waals surface area contributed by atoms with Crippen LogP contribution >= 0.6 is 23.2 Å². The number of anilines is 1. The predicted molar refractivity (Wildman–Crippen MR) is 114 cm³/mol. The van der Waals surface area contributed by atoms with Gasteiger partial charge in [0.15, 0.2) is 0 Å². The standard InChI is InChI=1S/C21H18Cl2N4O3/c1-12-18(20(28)29-2)19(27-21(26-12)24-11-25-27)13-4-3-5-16(8-13)30-10-14-6-7-15(22)9-17(14)23/h3-9,11,19H,10H2,1-2H3,(H,24,25,26). The molecule has 2 aromatic carbocycles. The van der Waals surface area contributed by atoms with Crippen LogP contribution in [0.4, 0.5) is 5.95 Å². The van der Waals surface area contributed by atoms with Gasteiger partial charge >= 0.3 is 5.97 Å². The summed E-state index contributed by atoms with van der Waals surface area (Å²) < 4.78 is 12.6. The number of nitrogens with one attached hydrogen (secondary N) is 1. The molecule has 9 heteroatoms. The second-order valence-electron chi connectivity index (χ2n) is 6.68. The molecule has 4 rings (SSSR count). The van der Waals surface area contributed by atoms with Crippen LogP contribution in [0.3, 0.4) is 0 Å². The highest BCUT2D eigenvalue weighted by molar-refractivity contribution is 6.35. The Kier molecular flexibility index (Phi) is 5.65. The zero-order valence-electron chi connectivity index (χ0n) is 16.2. The molecule has 1 aliphatic heterocycles. The summed E-state index contributed by atoms with van der Waals surface area (Å²) in [6.07, 6.45) is 1.44. The summed E-state index contributed by atoms with van der Waals surface area (Å²) in [4.78, 5) is 16.7. The molecule has 1 N–H and O–H groups in total. The third kappa shape index (κ3) is 3.86. The predicted octanol–water partition coefficient (Wildman–Crippen LogP) is 4.63. The maximum absolute atomic E-state index is 12.5. The molecule has 0 radical (unpaired) electrons. The van der Waals surface area contributed by atoms with Gasteiger partial charge in [0.05, 0.1) is 12.7 Å². The van der Waals surface area contributed by atoms with E-state index in [0.29, 0.717) is 33.0 Å². The largest absolute Gasteiger partial charge is 0.489 e. The molecule has 0 saturated heterocycles. The van der Waals surface area contributed by atoms with E-state index in [4.69, 9.17) is 32.7 Å². The van der Waals surface area contributed by atoms with Crippen LogP contribution in [0, 0.1) is 0 Å². The molecule has 2 heterocycles. The normalized spacial score (nSPS) is 15.4. The van der Waals surface area contributed by atoms with Gasteiger partial charge in [-0.15, -0.1) is 0 Å². The molecule has 154 valence electrons. The van der Waals surface area contributed by atoms with Crippen molar-refractivity contribution in [2.45, 2.75) is 19.6 Å². The van der Waals surface area contributed by atoms with Crippen molar-refractivity contribution < 1.29 is 14.3 Å². The van der Waals surface area contributed by atoms with E-state index in [1.54, 1.807) is 23.7 Å². The third-order valence-electron chi connectivity index (χ3n) is 4.78. The number of esters is 1. The molecule has 0 bridgehead atoms. The minimum atomic E-state index is -0.501. The number of allylic oxidation sites excluding steroid dienone is 1. The van der Waals surface area contributed by atoms with Gasteiger partial charge in [-0.05, 0) is 36.8 Å². The molecule has 1 atom stereocenters. The highest BCUT2D eigenvalue weighted by Gasteiger charge is 2.34. The molecule has 1 aliphatic rings. The lowest BCUT2D eigenvalue weighted by Crippen LogP contribution is -2.29. The Morgan fingerprint density at radius 2 is 2.07 bits per heavy atom. The van der Waals surface area contributed by atoms with Crippen LogP contribution in [-0.2, 0) is 16.1 Å². The van der Waals surface area contributed by atoms with E-state index >= 15 is 0 Å². The lowest BCUT2D eigenvalue weighted by Gasteiger charge is -2.28. The lowest BCUT2D eigenvalue weighted by molar-refractivity contribution is -0.136. The molecular formula is C21H18Cl2N4O3. The molecule has 0 saturated carbocycles. The fourth-order valence-corrected chi connectivity index (χ4v) is 3.81.